The topological polar surface area (TPSA) is 37.8 Å². The van der Waals surface area contributed by atoms with Crippen molar-refractivity contribution in [2.75, 3.05) is 0 Å². The first-order chi connectivity index (χ1) is 12.2. The molecule has 0 saturated heterocycles. The minimum Gasteiger partial charge on any atom is -0.323 e. The molecule has 0 radical (unpaired) electrons. The lowest BCUT2D eigenvalue weighted by Crippen LogP contribution is -2.22. The van der Waals surface area contributed by atoms with Gasteiger partial charge in [-0.15, -0.1) is 11.3 Å². The van der Waals surface area contributed by atoms with Crippen molar-refractivity contribution in [3.63, 3.8) is 0 Å². The highest BCUT2D eigenvalue weighted by molar-refractivity contribution is 7.71. The molecule has 0 bridgehead atoms. The number of aryl methyl sites for hydroxylation is 3. The highest BCUT2D eigenvalue weighted by atomic mass is 32.1. The smallest absolute Gasteiger partial charge is 0.263 e. The van der Waals surface area contributed by atoms with Crippen LogP contribution in [0.2, 0.25) is 0 Å². The van der Waals surface area contributed by atoms with Crippen LogP contribution in [0.5, 0.6) is 0 Å². The molecule has 3 aromatic rings. The fourth-order valence-electron chi connectivity index (χ4n) is 3.74. The van der Waals surface area contributed by atoms with E-state index in [0.717, 1.165) is 35.9 Å². The molecule has 0 aliphatic heterocycles. The molecule has 5 heteroatoms. The fourth-order valence-corrected chi connectivity index (χ4v) is 5.36. The molecule has 0 spiro atoms. The molecule has 25 heavy (non-hydrogen) atoms. The molecule has 0 saturated carbocycles. The van der Waals surface area contributed by atoms with Gasteiger partial charge in [-0.2, -0.15) is 0 Å². The van der Waals surface area contributed by atoms with Crippen LogP contribution < -0.4 is 5.56 Å². The SMILES string of the molecule is O=c1c2c3c(sc2[nH]c(=S)n1CCCc1ccccc1)CCCCC3. The third-order valence-corrected chi connectivity index (χ3v) is 6.57. The molecule has 2 heterocycles. The Bertz CT molecular complexity index is 998. The van der Waals surface area contributed by atoms with Crippen LogP contribution in [-0.4, -0.2) is 9.55 Å². The normalized spacial score (nSPS) is 14.4. The van der Waals surface area contributed by atoms with Gasteiger partial charge in [-0.25, -0.2) is 0 Å². The van der Waals surface area contributed by atoms with Crippen molar-refractivity contribution in [2.24, 2.45) is 0 Å². The number of nitrogens with zero attached hydrogens (tertiary/aromatic N) is 1. The number of thiophene rings is 1. The third-order valence-electron chi connectivity index (χ3n) is 5.04. The van der Waals surface area contributed by atoms with Crippen LogP contribution in [0.3, 0.4) is 0 Å². The van der Waals surface area contributed by atoms with E-state index in [9.17, 15) is 4.79 Å². The lowest BCUT2D eigenvalue weighted by Gasteiger charge is -2.07. The average Bonchev–Trinajstić information content (AvgIpc) is 2.80. The minimum absolute atomic E-state index is 0.103. The molecular formula is C20H22N2OS2. The van der Waals surface area contributed by atoms with E-state index in [1.807, 2.05) is 6.07 Å². The van der Waals surface area contributed by atoms with Crippen molar-refractivity contribution in [1.29, 1.82) is 0 Å². The summed E-state index contributed by atoms with van der Waals surface area (Å²) in [7, 11) is 0. The predicted molar refractivity (Wildman–Crippen MR) is 107 cm³/mol. The summed E-state index contributed by atoms with van der Waals surface area (Å²) in [6, 6.07) is 10.4. The molecule has 0 amide bonds. The van der Waals surface area contributed by atoms with Crippen LogP contribution in [0.15, 0.2) is 35.1 Å². The summed E-state index contributed by atoms with van der Waals surface area (Å²) in [4.78, 5) is 18.8. The predicted octanol–water partition coefficient (Wildman–Crippen LogP) is 5.02. The number of benzene rings is 1. The second kappa shape index (κ2) is 7.26. The maximum atomic E-state index is 13.1. The zero-order chi connectivity index (χ0) is 17.2. The van der Waals surface area contributed by atoms with Gasteiger partial charge in [-0.05, 0) is 61.9 Å². The zero-order valence-corrected chi connectivity index (χ0v) is 15.8. The molecular weight excluding hydrogens is 348 g/mol. The van der Waals surface area contributed by atoms with Crippen LogP contribution in [0.1, 0.15) is 41.7 Å². The number of aromatic nitrogens is 2. The van der Waals surface area contributed by atoms with Gasteiger partial charge in [-0.3, -0.25) is 9.36 Å². The van der Waals surface area contributed by atoms with Gasteiger partial charge >= 0.3 is 0 Å². The zero-order valence-electron chi connectivity index (χ0n) is 14.2. The van der Waals surface area contributed by atoms with Gasteiger partial charge in [0.05, 0.1) is 5.39 Å². The molecule has 1 aromatic carbocycles. The van der Waals surface area contributed by atoms with E-state index in [2.05, 4.69) is 29.2 Å². The Kier molecular flexibility index (Phi) is 4.86. The summed E-state index contributed by atoms with van der Waals surface area (Å²) >= 11 is 7.21. The van der Waals surface area contributed by atoms with Gasteiger partial charge in [-0.1, -0.05) is 36.8 Å². The van der Waals surface area contributed by atoms with Crippen LogP contribution in [0, 0.1) is 4.77 Å². The van der Waals surface area contributed by atoms with E-state index in [4.69, 9.17) is 12.2 Å². The van der Waals surface area contributed by atoms with Crippen molar-refractivity contribution < 1.29 is 0 Å². The second-order valence-corrected chi connectivity index (χ2v) is 8.24. The number of hydrogen-bond donors (Lipinski definition) is 1. The Hall–Kier alpha value is -1.72. The highest BCUT2D eigenvalue weighted by Gasteiger charge is 2.19. The average molecular weight is 371 g/mol. The summed E-state index contributed by atoms with van der Waals surface area (Å²) in [6.07, 6.45) is 7.67. The lowest BCUT2D eigenvalue weighted by atomic mass is 10.1. The summed E-state index contributed by atoms with van der Waals surface area (Å²) in [6.45, 7) is 0.670. The first kappa shape index (κ1) is 16.7. The van der Waals surface area contributed by atoms with Crippen LogP contribution >= 0.6 is 23.6 Å². The Morgan fingerprint density at radius 1 is 1.12 bits per heavy atom. The Labute approximate surface area is 156 Å². The number of rotatable bonds is 4. The number of H-pyrrole nitrogens is 1. The van der Waals surface area contributed by atoms with Gasteiger partial charge in [0, 0.05) is 11.4 Å². The molecule has 1 aliphatic carbocycles. The van der Waals surface area contributed by atoms with E-state index in [-0.39, 0.29) is 5.56 Å². The molecule has 1 N–H and O–H groups in total. The lowest BCUT2D eigenvalue weighted by molar-refractivity contribution is 0.609. The molecule has 0 unspecified atom stereocenters. The quantitative estimate of drug-likeness (QED) is 0.517. The number of aromatic amines is 1. The van der Waals surface area contributed by atoms with Crippen molar-refractivity contribution in [3.05, 3.63) is 61.5 Å². The van der Waals surface area contributed by atoms with Crippen LogP contribution in [-0.2, 0) is 25.8 Å². The summed E-state index contributed by atoms with van der Waals surface area (Å²) in [5, 5.41) is 0.898. The molecule has 3 nitrogen and oxygen atoms in total. The number of hydrogen-bond acceptors (Lipinski definition) is 3. The molecule has 130 valence electrons. The van der Waals surface area contributed by atoms with Crippen LogP contribution in [0.4, 0.5) is 0 Å². The summed E-state index contributed by atoms with van der Waals surface area (Å²) < 4.78 is 2.32. The van der Waals surface area contributed by atoms with Gasteiger partial charge < -0.3 is 4.98 Å². The largest absolute Gasteiger partial charge is 0.323 e. The summed E-state index contributed by atoms with van der Waals surface area (Å²) in [5.74, 6) is 0. The number of nitrogens with one attached hydrogen (secondary N) is 1. The Balaban J connectivity index is 1.66. The fraction of sp³-hybridized carbons (Fsp3) is 0.400. The van der Waals surface area contributed by atoms with E-state index >= 15 is 0 Å². The molecule has 2 aromatic heterocycles. The highest BCUT2D eigenvalue weighted by Crippen LogP contribution is 2.32. The first-order valence-electron chi connectivity index (χ1n) is 9.05. The molecule has 1 aliphatic rings. The van der Waals surface area contributed by atoms with Crippen LogP contribution in [0.25, 0.3) is 10.2 Å². The Morgan fingerprint density at radius 2 is 1.92 bits per heavy atom. The molecule has 0 fully saturated rings. The van der Waals surface area contributed by atoms with E-state index in [1.165, 1.54) is 35.3 Å². The molecule has 4 rings (SSSR count). The van der Waals surface area contributed by atoms with Crippen molar-refractivity contribution in [1.82, 2.24) is 9.55 Å². The van der Waals surface area contributed by atoms with E-state index in [0.29, 0.717) is 11.3 Å². The van der Waals surface area contributed by atoms with Gasteiger partial charge in [0.25, 0.3) is 5.56 Å². The summed E-state index contributed by atoms with van der Waals surface area (Å²) in [5.41, 5.74) is 2.69. The first-order valence-corrected chi connectivity index (χ1v) is 10.3. The van der Waals surface area contributed by atoms with Gasteiger partial charge in [0.1, 0.15) is 4.83 Å². The van der Waals surface area contributed by atoms with E-state index < -0.39 is 0 Å². The number of fused-ring (bicyclic) bond motifs is 3. The maximum Gasteiger partial charge on any atom is 0.263 e. The third kappa shape index (κ3) is 3.35. The monoisotopic (exact) mass is 370 g/mol. The van der Waals surface area contributed by atoms with Crippen molar-refractivity contribution in [3.8, 4) is 0 Å². The van der Waals surface area contributed by atoms with Gasteiger partial charge in [0.15, 0.2) is 4.77 Å². The van der Waals surface area contributed by atoms with Crippen molar-refractivity contribution >= 4 is 33.8 Å². The maximum absolute atomic E-state index is 13.1. The van der Waals surface area contributed by atoms with E-state index in [1.54, 1.807) is 15.9 Å². The van der Waals surface area contributed by atoms with Gasteiger partial charge in [0.2, 0.25) is 0 Å². The standard InChI is InChI=1S/C20H22N2OS2/c23-19-17-15-11-5-2-6-12-16(15)25-18(17)21-20(24)22(19)13-7-10-14-8-3-1-4-9-14/h1,3-4,8-9H,2,5-7,10-13H2,(H,21,24). The van der Waals surface area contributed by atoms with Crippen molar-refractivity contribution in [2.45, 2.75) is 51.5 Å². The Morgan fingerprint density at radius 3 is 2.76 bits per heavy atom. The molecule has 0 atom stereocenters. The minimum atomic E-state index is 0.103. The second-order valence-electron chi connectivity index (χ2n) is 6.74.